The van der Waals surface area contributed by atoms with Crippen LogP contribution in [0.2, 0.25) is 0 Å². The van der Waals surface area contributed by atoms with Crippen LogP contribution in [0, 0.1) is 6.92 Å². The zero-order valence-corrected chi connectivity index (χ0v) is 10.9. The van der Waals surface area contributed by atoms with Gasteiger partial charge in [-0.1, -0.05) is 24.3 Å². The lowest BCUT2D eigenvalue weighted by molar-refractivity contribution is 0.416. The van der Waals surface area contributed by atoms with E-state index in [2.05, 4.69) is 29.0 Å². The van der Waals surface area contributed by atoms with E-state index in [4.69, 9.17) is 4.74 Å². The van der Waals surface area contributed by atoms with Crippen molar-refractivity contribution in [3.05, 3.63) is 54.2 Å². The van der Waals surface area contributed by atoms with Gasteiger partial charge in [0.1, 0.15) is 5.75 Å². The van der Waals surface area contributed by atoms with Gasteiger partial charge in [-0.2, -0.15) is 0 Å². The predicted molar refractivity (Wildman–Crippen MR) is 76.3 cm³/mol. The summed E-state index contributed by atoms with van der Waals surface area (Å²) in [7, 11) is 1.66. The summed E-state index contributed by atoms with van der Waals surface area (Å²) in [5.74, 6) is 1.48. The summed E-state index contributed by atoms with van der Waals surface area (Å²) in [6, 6.07) is 13.9. The standard InChI is InChI=1S/C16H14N2O/c1-11-7-8-12-10-17-16(18-14(12)9-11)13-5-3-4-6-15(13)19-2/h3-10H,1-2H3. The Balaban J connectivity index is 2.20. The minimum atomic E-state index is 0.690. The van der Waals surface area contributed by atoms with Crippen LogP contribution in [-0.2, 0) is 0 Å². The van der Waals surface area contributed by atoms with Crippen LogP contribution in [0.4, 0.5) is 0 Å². The van der Waals surface area contributed by atoms with Crippen LogP contribution in [0.15, 0.2) is 48.7 Å². The first-order valence-corrected chi connectivity index (χ1v) is 6.15. The molecule has 0 aliphatic carbocycles. The molecule has 0 unspecified atom stereocenters. The lowest BCUT2D eigenvalue weighted by atomic mass is 10.1. The number of ether oxygens (including phenoxy) is 1. The molecular formula is C16H14N2O. The van der Waals surface area contributed by atoms with Gasteiger partial charge in [0.2, 0.25) is 0 Å². The molecule has 0 spiro atoms. The van der Waals surface area contributed by atoms with E-state index in [0.29, 0.717) is 5.82 Å². The third-order valence-corrected chi connectivity index (χ3v) is 3.09. The summed E-state index contributed by atoms with van der Waals surface area (Å²) in [5.41, 5.74) is 3.06. The molecular weight excluding hydrogens is 236 g/mol. The molecule has 0 atom stereocenters. The van der Waals surface area contributed by atoms with Gasteiger partial charge in [0.05, 0.1) is 18.2 Å². The molecule has 19 heavy (non-hydrogen) atoms. The highest BCUT2D eigenvalue weighted by atomic mass is 16.5. The lowest BCUT2D eigenvalue weighted by Crippen LogP contribution is -1.93. The van der Waals surface area contributed by atoms with Crippen molar-refractivity contribution in [3.63, 3.8) is 0 Å². The number of methoxy groups -OCH3 is 1. The summed E-state index contributed by atoms with van der Waals surface area (Å²) in [6.45, 7) is 2.06. The van der Waals surface area contributed by atoms with Crippen molar-refractivity contribution in [2.45, 2.75) is 6.92 Å². The van der Waals surface area contributed by atoms with E-state index in [9.17, 15) is 0 Å². The molecule has 0 saturated heterocycles. The van der Waals surface area contributed by atoms with Gasteiger partial charge in [0.25, 0.3) is 0 Å². The fraction of sp³-hybridized carbons (Fsp3) is 0.125. The molecule has 1 heterocycles. The van der Waals surface area contributed by atoms with Gasteiger partial charge in [-0.15, -0.1) is 0 Å². The van der Waals surface area contributed by atoms with Gasteiger partial charge < -0.3 is 4.74 Å². The molecule has 0 N–H and O–H groups in total. The maximum absolute atomic E-state index is 5.36. The lowest BCUT2D eigenvalue weighted by Gasteiger charge is -2.07. The van der Waals surface area contributed by atoms with Gasteiger partial charge in [-0.25, -0.2) is 9.97 Å². The van der Waals surface area contributed by atoms with Gasteiger partial charge in [-0.3, -0.25) is 0 Å². The maximum Gasteiger partial charge on any atom is 0.163 e. The van der Waals surface area contributed by atoms with Gasteiger partial charge in [-0.05, 0) is 30.7 Å². The monoisotopic (exact) mass is 250 g/mol. The Morgan fingerprint density at radius 3 is 2.74 bits per heavy atom. The van der Waals surface area contributed by atoms with Crippen molar-refractivity contribution in [2.24, 2.45) is 0 Å². The average Bonchev–Trinajstić information content (AvgIpc) is 2.46. The molecule has 0 aliphatic heterocycles. The van der Waals surface area contributed by atoms with E-state index >= 15 is 0 Å². The Morgan fingerprint density at radius 2 is 1.89 bits per heavy atom. The topological polar surface area (TPSA) is 35.0 Å². The molecule has 3 nitrogen and oxygen atoms in total. The molecule has 0 bridgehead atoms. The maximum atomic E-state index is 5.36. The molecule has 0 saturated carbocycles. The molecule has 94 valence electrons. The van der Waals surface area contributed by atoms with E-state index in [0.717, 1.165) is 22.2 Å². The smallest absolute Gasteiger partial charge is 0.163 e. The number of aromatic nitrogens is 2. The van der Waals surface area contributed by atoms with Crippen LogP contribution in [0.5, 0.6) is 5.75 Å². The molecule has 3 rings (SSSR count). The first kappa shape index (κ1) is 11.7. The SMILES string of the molecule is COc1ccccc1-c1ncc2ccc(C)cc2n1. The number of hydrogen-bond donors (Lipinski definition) is 0. The Labute approximate surface area is 111 Å². The van der Waals surface area contributed by atoms with E-state index in [1.807, 2.05) is 36.5 Å². The van der Waals surface area contributed by atoms with Gasteiger partial charge in [0, 0.05) is 11.6 Å². The van der Waals surface area contributed by atoms with Gasteiger partial charge in [0.15, 0.2) is 5.82 Å². The Bertz CT molecular complexity index is 738. The van der Waals surface area contributed by atoms with E-state index < -0.39 is 0 Å². The number of rotatable bonds is 2. The second-order valence-electron chi connectivity index (χ2n) is 4.46. The first-order chi connectivity index (χ1) is 9.28. The summed E-state index contributed by atoms with van der Waals surface area (Å²) in [6.07, 6.45) is 1.85. The molecule has 0 fully saturated rings. The van der Waals surface area contributed by atoms with Crippen LogP contribution in [0.1, 0.15) is 5.56 Å². The second kappa shape index (κ2) is 4.69. The molecule has 0 radical (unpaired) electrons. The summed E-state index contributed by atoms with van der Waals surface area (Å²) < 4.78 is 5.36. The van der Waals surface area contributed by atoms with Crippen LogP contribution < -0.4 is 4.74 Å². The summed E-state index contributed by atoms with van der Waals surface area (Å²) in [4.78, 5) is 9.05. The number of aryl methyl sites for hydroxylation is 1. The van der Waals surface area contributed by atoms with Crippen molar-refractivity contribution < 1.29 is 4.74 Å². The summed E-state index contributed by atoms with van der Waals surface area (Å²) in [5, 5.41) is 1.05. The number of fused-ring (bicyclic) bond motifs is 1. The molecule has 1 aromatic heterocycles. The summed E-state index contributed by atoms with van der Waals surface area (Å²) >= 11 is 0. The number of para-hydroxylation sites is 1. The molecule has 2 aromatic carbocycles. The molecule has 3 aromatic rings. The van der Waals surface area contributed by atoms with E-state index in [1.54, 1.807) is 7.11 Å². The van der Waals surface area contributed by atoms with Crippen molar-refractivity contribution in [2.75, 3.05) is 7.11 Å². The predicted octanol–water partition coefficient (Wildman–Crippen LogP) is 3.61. The second-order valence-corrected chi connectivity index (χ2v) is 4.46. The van der Waals surface area contributed by atoms with Crippen molar-refractivity contribution in [1.29, 1.82) is 0 Å². The highest BCUT2D eigenvalue weighted by molar-refractivity contribution is 5.80. The van der Waals surface area contributed by atoms with Crippen LogP contribution >= 0.6 is 0 Å². The van der Waals surface area contributed by atoms with E-state index in [1.165, 1.54) is 5.56 Å². The van der Waals surface area contributed by atoms with Crippen molar-refractivity contribution >= 4 is 10.9 Å². The Morgan fingerprint density at radius 1 is 1.05 bits per heavy atom. The number of benzene rings is 2. The van der Waals surface area contributed by atoms with Crippen LogP contribution in [0.3, 0.4) is 0 Å². The van der Waals surface area contributed by atoms with Crippen molar-refractivity contribution in [3.8, 4) is 17.1 Å². The van der Waals surface area contributed by atoms with E-state index in [-0.39, 0.29) is 0 Å². The third kappa shape index (κ3) is 2.15. The largest absolute Gasteiger partial charge is 0.496 e. The van der Waals surface area contributed by atoms with Crippen LogP contribution in [0.25, 0.3) is 22.3 Å². The zero-order valence-electron chi connectivity index (χ0n) is 10.9. The molecule has 0 amide bonds. The Kier molecular flexibility index (Phi) is 2.88. The normalized spacial score (nSPS) is 10.6. The minimum Gasteiger partial charge on any atom is -0.496 e. The van der Waals surface area contributed by atoms with Crippen molar-refractivity contribution in [1.82, 2.24) is 9.97 Å². The first-order valence-electron chi connectivity index (χ1n) is 6.15. The Hall–Kier alpha value is -2.42. The molecule has 3 heteroatoms. The van der Waals surface area contributed by atoms with Crippen LogP contribution in [-0.4, -0.2) is 17.1 Å². The minimum absolute atomic E-state index is 0.690. The fourth-order valence-electron chi connectivity index (χ4n) is 2.09. The quantitative estimate of drug-likeness (QED) is 0.696. The van der Waals surface area contributed by atoms with Gasteiger partial charge >= 0.3 is 0 Å². The zero-order chi connectivity index (χ0) is 13.2. The fourth-order valence-corrected chi connectivity index (χ4v) is 2.09. The highest BCUT2D eigenvalue weighted by Gasteiger charge is 2.08. The number of hydrogen-bond acceptors (Lipinski definition) is 3. The highest BCUT2D eigenvalue weighted by Crippen LogP contribution is 2.27. The average molecular weight is 250 g/mol. The number of nitrogens with zero attached hydrogens (tertiary/aromatic N) is 2. The third-order valence-electron chi connectivity index (χ3n) is 3.09. The molecule has 0 aliphatic rings.